The molecule has 0 bridgehead atoms. The summed E-state index contributed by atoms with van der Waals surface area (Å²) in [5.41, 5.74) is 6.61. The van der Waals surface area contributed by atoms with Crippen molar-refractivity contribution < 1.29 is 17.9 Å². The molecule has 4 N–H and O–H groups in total. The van der Waals surface area contributed by atoms with E-state index in [1.807, 2.05) is 6.92 Å². The highest BCUT2D eigenvalue weighted by atomic mass is 19.4. The van der Waals surface area contributed by atoms with E-state index in [0.717, 1.165) is 6.42 Å². The van der Waals surface area contributed by atoms with Crippen LogP contribution in [0.2, 0.25) is 0 Å². The average molecular weight is 300 g/mol. The highest BCUT2D eigenvalue weighted by Gasteiger charge is 2.31. The van der Waals surface area contributed by atoms with E-state index in [4.69, 9.17) is 11.6 Å². The lowest BCUT2D eigenvalue weighted by Crippen LogP contribution is -2.17. The molecule has 0 radical (unpaired) electrons. The maximum atomic E-state index is 12.2. The lowest BCUT2D eigenvalue weighted by atomic mass is 10.1. The van der Waals surface area contributed by atoms with Gasteiger partial charge in [0.1, 0.15) is 17.3 Å². The number of halogens is 3. The predicted octanol–water partition coefficient (Wildman–Crippen LogP) is 2.70. The second-order valence-corrected chi connectivity index (χ2v) is 4.46. The normalized spacial score (nSPS) is 11.6. The molecule has 2 rings (SSSR count). The van der Waals surface area contributed by atoms with Crippen LogP contribution in [0.5, 0.6) is 5.75 Å². The first kappa shape index (κ1) is 15.0. The monoisotopic (exact) mass is 300 g/mol. The van der Waals surface area contributed by atoms with Gasteiger partial charge in [0.25, 0.3) is 0 Å². The lowest BCUT2D eigenvalue weighted by molar-refractivity contribution is -0.274. The minimum Gasteiger partial charge on any atom is -0.406 e. The van der Waals surface area contributed by atoms with E-state index in [-0.39, 0.29) is 11.6 Å². The molecule has 0 atom stereocenters. The molecule has 0 aliphatic heterocycles. The minimum absolute atomic E-state index is 0.197. The van der Waals surface area contributed by atoms with Crippen molar-refractivity contribution in [3.05, 3.63) is 30.1 Å². The Bertz CT molecular complexity index is 637. The second kappa shape index (κ2) is 5.55. The van der Waals surface area contributed by atoms with Crippen molar-refractivity contribution in [2.24, 2.45) is 0 Å². The van der Waals surface area contributed by atoms with E-state index < -0.39 is 6.36 Å². The summed E-state index contributed by atoms with van der Waals surface area (Å²) in [6.45, 7) is 1.96. The standard InChI is InChI=1S/C13H15F3N4O/c1-2-4-10-19-11(12(17)20(10)18)8-5-3-6-9(7-8)21-13(14,15)16/h3,5-7H,2,4,17-18H2,1H3. The Hall–Kier alpha value is -2.38. The molecule has 1 heterocycles. The van der Waals surface area contributed by atoms with Gasteiger partial charge in [0, 0.05) is 12.0 Å². The smallest absolute Gasteiger partial charge is 0.406 e. The summed E-state index contributed by atoms with van der Waals surface area (Å²) < 4.78 is 41.8. The molecule has 21 heavy (non-hydrogen) atoms. The van der Waals surface area contributed by atoms with Gasteiger partial charge < -0.3 is 16.3 Å². The van der Waals surface area contributed by atoms with Gasteiger partial charge in [-0.25, -0.2) is 9.66 Å². The number of anilines is 1. The van der Waals surface area contributed by atoms with Gasteiger partial charge in [0.2, 0.25) is 0 Å². The van der Waals surface area contributed by atoms with Crippen LogP contribution in [-0.4, -0.2) is 16.0 Å². The van der Waals surface area contributed by atoms with Crippen molar-refractivity contribution in [3.8, 4) is 17.0 Å². The number of ether oxygens (including phenoxy) is 1. The Morgan fingerprint density at radius 3 is 2.67 bits per heavy atom. The summed E-state index contributed by atoms with van der Waals surface area (Å²) in [5, 5.41) is 0. The Morgan fingerprint density at radius 2 is 2.05 bits per heavy atom. The summed E-state index contributed by atoms with van der Waals surface area (Å²) >= 11 is 0. The number of aryl methyl sites for hydroxylation is 1. The van der Waals surface area contributed by atoms with E-state index in [9.17, 15) is 13.2 Å². The van der Waals surface area contributed by atoms with Crippen molar-refractivity contribution >= 4 is 5.82 Å². The summed E-state index contributed by atoms with van der Waals surface area (Å²) in [6.07, 6.45) is -3.30. The Kier molecular flexibility index (Phi) is 3.97. The molecular weight excluding hydrogens is 285 g/mol. The predicted molar refractivity (Wildman–Crippen MR) is 72.9 cm³/mol. The molecule has 114 valence electrons. The number of hydrogen-bond acceptors (Lipinski definition) is 4. The fourth-order valence-electron chi connectivity index (χ4n) is 1.95. The molecule has 1 aromatic carbocycles. The van der Waals surface area contributed by atoms with E-state index in [2.05, 4.69) is 9.72 Å². The van der Waals surface area contributed by atoms with Crippen LogP contribution in [0.1, 0.15) is 19.2 Å². The zero-order valence-electron chi connectivity index (χ0n) is 11.3. The zero-order valence-corrected chi connectivity index (χ0v) is 11.3. The molecule has 8 heteroatoms. The number of nitrogens with two attached hydrogens (primary N) is 2. The van der Waals surface area contributed by atoms with Crippen molar-refractivity contribution in [2.45, 2.75) is 26.1 Å². The van der Waals surface area contributed by atoms with Gasteiger partial charge in [0.15, 0.2) is 5.82 Å². The van der Waals surface area contributed by atoms with Crippen molar-refractivity contribution in [1.29, 1.82) is 0 Å². The highest BCUT2D eigenvalue weighted by Crippen LogP contribution is 2.30. The Labute approximate surface area is 119 Å². The number of alkyl halides is 3. The zero-order chi connectivity index (χ0) is 15.6. The molecular formula is C13H15F3N4O. The second-order valence-electron chi connectivity index (χ2n) is 4.46. The number of imidazole rings is 1. The third kappa shape index (κ3) is 3.39. The van der Waals surface area contributed by atoms with E-state index in [1.54, 1.807) is 6.07 Å². The Morgan fingerprint density at radius 1 is 1.33 bits per heavy atom. The van der Waals surface area contributed by atoms with Gasteiger partial charge in [0.05, 0.1) is 0 Å². The number of aromatic nitrogens is 2. The number of benzene rings is 1. The largest absolute Gasteiger partial charge is 0.573 e. The van der Waals surface area contributed by atoms with Crippen LogP contribution in [0.25, 0.3) is 11.3 Å². The van der Waals surface area contributed by atoms with Crippen molar-refractivity contribution in [3.63, 3.8) is 0 Å². The van der Waals surface area contributed by atoms with Crippen LogP contribution in [0.3, 0.4) is 0 Å². The third-order valence-electron chi connectivity index (χ3n) is 2.84. The first-order valence-electron chi connectivity index (χ1n) is 6.30. The quantitative estimate of drug-likeness (QED) is 0.851. The first-order chi connectivity index (χ1) is 9.81. The SMILES string of the molecule is CCCc1nc(-c2cccc(OC(F)(F)F)c2)c(N)n1N. The molecule has 0 fully saturated rings. The van der Waals surface area contributed by atoms with Gasteiger partial charge in [-0.2, -0.15) is 0 Å². The van der Waals surface area contributed by atoms with E-state index >= 15 is 0 Å². The van der Waals surface area contributed by atoms with Crippen LogP contribution in [0.4, 0.5) is 19.0 Å². The fraction of sp³-hybridized carbons (Fsp3) is 0.308. The molecule has 1 aromatic heterocycles. The van der Waals surface area contributed by atoms with Crippen LogP contribution in [0, 0.1) is 0 Å². The molecule has 0 amide bonds. The molecule has 0 spiro atoms. The maximum absolute atomic E-state index is 12.2. The number of nitrogen functional groups attached to an aromatic ring is 2. The average Bonchev–Trinajstić information content (AvgIpc) is 2.66. The van der Waals surface area contributed by atoms with Crippen LogP contribution in [0.15, 0.2) is 24.3 Å². The number of rotatable bonds is 4. The van der Waals surface area contributed by atoms with Crippen LogP contribution >= 0.6 is 0 Å². The number of nitrogens with zero attached hydrogens (tertiary/aromatic N) is 2. The highest BCUT2D eigenvalue weighted by molar-refractivity contribution is 5.72. The molecule has 0 saturated heterocycles. The fourth-order valence-corrected chi connectivity index (χ4v) is 1.95. The van der Waals surface area contributed by atoms with E-state index in [1.165, 1.54) is 22.9 Å². The Balaban J connectivity index is 2.38. The molecule has 0 saturated carbocycles. The van der Waals surface area contributed by atoms with E-state index in [0.29, 0.717) is 23.5 Å². The van der Waals surface area contributed by atoms with Gasteiger partial charge in [-0.3, -0.25) is 0 Å². The minimum atomic E-state index is -4.75. The number of hydrogen-bond donors (Lipinski definition) is 2. The summed E-state index contributed by atoms with van der Waals surface area (Å²) in [6, 6.07) is 5.46. The maximum Gasteiger partial charge on any atom is 0.573 e. The van der Waals surface area contributed by atoms with Gasteiger partial charge in [-0.1, -0.05) is 19.1 Å². The van der Waals surface area contributed by atoms with Crippen LogP contribution in [-0.2, 0) is 6.42 Å². The molecule has 0 aliphatic carbocycles. The molecule has 5 nitrogen and oxygen atoms in total. The van der Waals surface area contributed by atoms with Gasteiger partial charge >= 0.3 is 6.36 Å². The van der Waals surface area contributed by atoms with Crippen molar-refractivity contribution in [2.75, 3.05) is 11.6 Å². The molecule has 0 unspecified atom stereocenters. The van der Waals surface area contributed by atoms with Crippen LogP contribution < -0.4 is 16.3 Å². The lowest BCUT2D eigenvalue weighted by Gasteiger charge is -2.09. The summed E-state index contributed by atoms with van der Waals surface area (Å²) in [4.78, 5) is 4.28. The van der Waals surface area contributed by atoms with Crippen molar-refractivity contribution in [1.82, 2.24) is 9.66 Å². The third-order valence-corrected chi connectivity index (χ3v) is 2.84. The molecule has 2 aromatic rings. The summed E-state index contributed by atoms with van der Waals surface area (Å²) in [5.74, 6) is 6.23. The van der Waals surface area contributed by atoms with Gasteiger partial charge in [-0.05, 0) is 18.6 Å². The summed E-state index contributed by atoms with van der Waals surface area (Å²) in [7, 11) is 0. The van der Waals surface area contributed by atoms with Gasteiger partial charge in [-0.15, -0.1) is 13.2 Å². The molecule has 0 aliphatic rings. The first-order valence-corrected chi connectivity index (χ1v) is 6.30. The topological polar surface area (TPSA) is 79.1 Å².